The SMILES string of the molecule is CCCN1CCC(=O)NC(C(C)C)C1=O. The second-order valence-corrected chi connectivity index (χ2v) is 4.36. The highest BCUT2D eigenvalue weighted by Gasteiger charge is 2.31. The molecule has 0 spiro atoms. The molecular weight excluding hydrogens is 192 g/mol. The van der Waals surface area contributed by atoms with Crippen molar-refractivity contribution >= 4 is 11.8 Å². The van der Waals surface area contributed by atoms with Crippen molar-refractivity contribution in [3.05, 3.63) is 0 Å². The largest absolute Gasteiger partial charge is 0.344 e. The van der Waals surface area contributed by atoms with E-state index in [9.17, 15) is 9.59 Å². The Morgan fingerprint density at radius 3 is 2.67 bits per heavy atom. The summed E-state index contributed by atoms with van der Waals surface area (Å²) < 4.78 is 0. The van der Waals surface area contributed by atoms with Crippen LogP contribution in [0.3, 0.4) is 0 Å². The standard InChI is InChI=1S/C11H20N2O2/c1-4-6-13-7-5-9(14)12-10(8(2)3)11(13)15/h8,10H,4-7H2,1-3H3,(H,12,14). The Labute approximate surface area is 91.0 Å². The molecule has 1 aliphatic rings. The Morgan fingerprint density at radius 1 is 1.47 bits per heavy atom. The van der Waals surface area contributed by atoms with Gasteiger partial charge in [-0.25, -0.2) is 0 Å². The van der Waals surface area contributed by atoms with Crippen molar-refractivity contribution in [3.63, 3.8) is 0 Å². The molecule has 4 heteroatoms. The van der Waals surface area contributed by atoms with Crippen LogP contribution in [0.4, 0.5) is 0 Å². The number of carbonyl (C=O) groups is 2. The number of rotatable bonds is 3. The quantitative estimate of drug-likeness (QED) is 0.751. The van der Waals surface area contributed by atoms with Crippen LogP contribution in [0.2, 0.25) is 0 Å². The molecule has 1 fully saturated rings. The van der Waals surface area contributed by atoms with Gasteiger partial charge in [0.05, 0.1) is 0 Å². The first-order valence-electron chi connectivity index (χ1n) is 5.64. The summed E-state index contributed by atoms with van der Waals surface area (Å²) >= 11 is 0. The Balaban J connectivity index is 2.77. The topological polar surface area (TPSA) is 49.4 Å². The van der Waals surface area contributed by atoms with Crippen molar-refractivity contribution in [1.29, 1.82) is 0 Å². The molecule has 15 heavy (non-hydrogen) atoms. The molecule has 0 aromatic carbocycles. The first-order chi connectivity index (χ1) is 7.06. The summed E-state index contributed by atoms with van der Waals surface area (Å²) in [7, 11) is 0. The molecule has 1 heterocycles. The third-order valence-corrected chi connectivity index (χ3v) is 2.66. The van der Waals surface area contributed by atoms with E-state index in [4.69, 9.17) is 0 Å². The van der Waals surface area contributed by atoms with Gasteiger partial charge < -0.3 is 10.2 Å². The number of hydrogen-bond donors (Lipinski definition) is 1. The van der Waals surface area contributed by atoms with Crippen LogP contribution in [-0.2, 0) is 9.59 Å². The van der Waals surface area contributed by atoms with E-state index >= 15 is 0 Å². The lowest BCUT2D eigenvalue weighted by atomic mass is 10.0. The summed E-state index contributed by atoms with van der Waals surface area (Å²) in [6.45, 7) is 7.26. The summed E-state index contributed by atoms with van der Waals surface area (Å²) in [6, 6.07) is -0.341. The van der Waals surface area contributed by atoms with Gasteiger partial charge >= 0.3 is 0 Å². The molecule has 1 aliphatic heterocycles. The normalized spacial score (nSPS) is 22.9. The van der Waals surface area contributed by atoms with Crippen molar-refractivity contribution in [2.75, 3.05) is 13.1 Å². The van der Waals surface area contributed by atoms with Gasteiger partial charge in [0.15, 0.2) is 0 Å². The second-order valence-electron chi connectivity index (χ2n) is 4.36. The van der Waals surface area contributed by atoms with E-state index in [-0.39, 0.29) is 23.8 Å². The summed E-state index contributed by atoms with van der Waals surface area (Å²) in [4.78, 5) is 25.2. The minimum Gasteiger partial charge on any atom is -0.344 e. The van der Waals surface area contributed by atoms with Gasteiger partial charge in [-0.3, -0.25) is 9.59 Å². The maximum Gasteiger partial charge on any atom is 0.245 e. The molecule has 0 saturated carbocycles. The molecule has 1 rings (SSSR count). The van der Waals surface area contributed by atoms with Gasteiger partial charge in [0.1, 0.15) is 6.04 Å². The number of hydrogen-bond acceptors (Lipinski definition) is 2. The van der Waals surface area contributed by atoms with Gasteiger partial charge in [-0.05, 0) is 12.3 Å². The first kappa shape index (κ1) is 12.0. The molecule has 1 saturated heterocycles. The van der Waals surface area contributed by atoms with Gasteiger partial charge in [-0.15, -0.1) is 0 Å². The van der Waals surface area contributed by atoms with Crippen molar-refractivity contribution in [2.24, 2.45) is 5.92 Å². The summed E-state index contributed by atoms with van der Waals surface area (Å²) in [5.74, 6) is 0.206. The molecule has 0 aromatic rings. The van der Waals surface area contributed by atoms with Gasteiger partial charge in [0, 0.05) is 19.5 Å². The first-order valence-corrected chi connectivity index (χ1v) is 5.64. The molecule has 0 aliphatic carbocycles. The van der Waals surface area contributed by atoms with Crippen LogP contribution in [-0.4, -0.2) is 35.8 Å². The Kier molecular flexibility index (Phi) is 4.12. The number of nitrogens with zero attached hydrogens (tertiary/aromatic N) is 1. The van der Waals surface area contributed by atoms with E-state index < -0.39 is 0 Å². The van der Waals surface area contributed by atoms with Crippen LogP contribution in [0.25, 0.3) is 0 Å². The van der Waals surface area contributed by atoms with E-state index in [0.29, 0.717) is 13.0 Å². The second kappa shape index (κ2) is 5.14. The smallest absolute Gasteiger partial charge is 0.245 e. The molecule has 86 valence electrons. The van der Waals surface area contributed by atoms with Crippen LogP contribution in [0.5, 0.6) is 0 Å². The highest BCUT2D eigenvalue weighted by Crippen LogP contribution is 2.11. The number of carbonyl (C=O) groups excluding carboxylic acids is 2. The zero-order valence-electron chi connectivity index (χ0n) is 9.75. The molecule has 1 N–H and O–H groups in total. The monoisotopic (exact) mass is 212 g/mol. The average Bonchev–Trinajstić information content (AvgIpc) is 2.31. The average molecular weight is 212 g/mol. The summed E-state index contributed by atoms with van der Waals surface area (Å²) in [5.41, 5.74) is 0. The zero-order chi connectivity index (χ0) is 11.4. The van der Waals surface area contributed by atoms with Crippen molar-refractivity contribution in [2.45, 2.75) is 39.7 Å². The van der Waals surface area contributed by atoms with Crippen LogP contribution in [0.1, 0.15) is 33.6 Å². The highest BCUT2D eigenvalue weighted by atomic mass is 16.2. The lowest BCUT2D eigenvalue weighted by Gasteiger charge is -2.25. The lowest BCUT2D eigenvalue weighted by molar-refractivity contribution is -0.134. The van der Waals surface area contributed by atoms with Gasteiger partial charge in [0.25, 0.3) is 0 Å². The molecule has 2 amide bonds. The minimum absolute atomic E-state index is 0.0133. The third-order valence-electron chi connectivity index (χ3n) is 2.66. The van der Waals surface area contributed by atoms with Gasteiger partial charge in [-0.2, -0.15) is 0 Å². The Hall–Kier alpha value is -1.06. The van der Waals surface area contributed by atoms with Crippen LogP contribution in [0, 0.1) is 5.92 Å². The summed E-state index contributed by atoms with van der Waals surface area (Å²) in [5, 5.41) is 2.79. The predicted octanol–water partition coefficient (Wildman–Crippen LogP) is 0.769. The minimum atomic E-state index is -0.341. The van der Waals surface area contributed by atoms with Gasteiger partial charge in [0.2, 0.25) is 11.8 Å². The number of amides is 2. The molecule has 0 bridgehead atoms. The fraction of sp³-hybridized carbons (Fsp3) is 0.818. The van der Waals surface area contributed by atoms with Gasteiger partial charge in [-0.1, -0.05) is 20.8 Å². The number of nitrogens with one attached hydrogen (secondary N) is 1. The van der Waals surface area contributed by atoms with Crippen molar-refractivity contribution in [1.82, 2.24) is 10.2 Å². The maximum absolute atomic E-state index is 12.0. The Morgan fingerprint density at radius 2 is 2.13 bits per heavy atom. The molecule has 0 aromatic heterocycles. The van der Waals surface area contributed by atoms with E-state index in [2.05, 4.69) is 5.32 Å². The molecule has 4 nitrogen and oxygen atoms in total. The molecular formula is C11H20N2O2. The van der Waals surface area contributed by atoms with E-state index in [1.54, 1.807) is 4.90 Å². The van der Waals surface area contributed by atoms with E-state index in [1.165, 1.54) is 0 Å². The summed E-state index contributed by atoms with van der Waals surface area (Å²) in [6.07, 6.45) is 1.36. The highest BCUT2D eigenvalue weighted by molar-refractivity contribution is 5.90. The molecule has 1 unspecified atom stereocenters. The van der Waals surface area contributed by atoms with Crippen LogP contribution >= 0.6 is 0 Å². The Bertz CT molecular complexity index is 251. The van der Waals surface area contributed by atoms with Crippen LogP contribution in [0.15, 0.2) is 0 Å². The maximum atomic E-state index is 12.0. The zero-order valence-corrected chi connectivity index (χ0v) is 9.75. The molecule has 0 radical (unpaired) electrons. The van der Waals surface area contributed by atoms with Crippen molar-refractivity contribution in [3.8, 4) is 0 Å². The third kappa shape index (κ3) is 2.94. The van der Waals surface area contributed by atoms with E-state index in [1.807, 2.05) is 20.8 Å². The molecule has 1 atom stereocenters. The van der Waals surface area contributed by atoms with Crippen LogP contribution < -0.4 is 5.32 Å². The fourth-order valence-electron chi connectivity index (χ4n) is 1.79. The predicted molar refractivity (Wildman–Crippen MR) is 58.3 cm³/mol. The lowest BCUT2D eigenvalue weighted by Crippen LogP contribution is -2.47. The fourth-order valence-corrected chi connectivity index (χ4v) is 1.79. The van der Waals surface area contributed by atoms with Crippen molar-refractivity contribution < 1.29 is 9.59 Å². The van der Waals surface area contributed by atoms with E-state index in [0.717, 1.165) is 13.0 Å².